The Labute approximate surface area is 208 Å². The fourth-order valence-corrected chi connectivity index (χ4v) is 3.69. The summed E-state index contributed by atoms with van der Waals surface area (Å²) in [5.74, 6) is 1.29. The number of carbonyl (C=O) groups is 1. The Morgan fingerprint density at radius 3 is 2.29 bits per heavy atom. The summed E-state index contributed by atoms with van der Waals surface area (Å²) >= 11 is 0. The zero-order valence-corrected chi connectivity index (χ0v) is 21.0. The van der Waals surface area contributed by atoms with Gasteiger partial charge in [0.2, 0.25) is 0 Å². The van der Waals surface area contributed by atoms with Crippen LogP contribution in [0.25, 0.3) is 16.7 Å². The Balaban J connectivity index is 1.55. The minimum atomic E-state index is -0.590. The van der Waals surface area contributed by atoms with Gasteiger partial charge in [-0.05, 0) is 78.9 Å². The molecule has 35 heavy (non-hydrogen) atoms. The topological polar surface area (TPSA) is 54.0 Å². The van der Waals surface area contributed by atoms with Crippen LogP contribution in [-0.2, 0) is 20.7 Å². The van der Waals surface area contributed by atoms with E-state index < -0.39 is 6.10 Å². The normalized spacial score (nSPS) is 12.2. The molecular weight excluding hydrogens is 440 g/mol. The molecule has 1 unspecified atom stereocenters. The molecule has 0 amide bonds. The molecule has 0 bridgehead atoms. The van der Waals surface area contributed by atoms with Gasteiger partial charge in [0.15, 0.2) is 6.10 Å². The van der Waals surface area contributed by atoms with E-state index in [2.05, 4.69) is 43.3 Å². The number of esters is 1. The van der Waals surface area contributed by atoms with Crippen LogP contribution in [0.3, 0.4) is 0 Å². The molecule has 0 spiro atoms. The van der Waals surface area contributed by atoms with Gasteiger partial charge in [-0.3, -0.25) is 0 Å². The number of methoxy groups -OCH3 is 1. The summed E-state index contributed by atoms with van der Waals surface area (Å²) in [6.45, 7) is 7.01. The van der Waals surface area contributed by atoms with Crippen LogP contribution in [0.4, 0.5) is 0 Å². The summed E-state index contributed by atoms with van der Waals surface area (Å²) in [6.07, 6.45) is 1.95. The molecule has 5 heteroatoms. The number of allylic oxidation sites excluding steroid dienone is 1. The SMILES string of the molecule is CCOC(=O)C(Cc1ccc(OC/C=C(\C)c2ccc(-c3cccc(OC)c3)cc2)cc1)OCC. The molecule has 0 fully saturated rings. The highest BCUT2D eigenvalue weighted by Gasteiger charge is 2.20. The standard InChI is InChI=1S/C30H34O5/c1-5-33-29(30(31)34-6-2)20-23-10-16-27(17-11-23)35-19-18-22(3)24-12-14-25(15-13-24)26-8-7-9-28(21-26)32-4/h7-18,21,29H,5-6,19-20H2,1-4H3/b22-18+. The van der Waals surface area contributed by atoms with Crippen molar-refractivity contribution in [1.82, 2.24) is 0 Å². The first kappa shape index (κ1) is 26.0. The molecule has 3 rings (SSSR count). The Morgan fingerprint density at radius 2 is 1.63 bits per heavy atom. The molecule has 0 aliphatic carbocycles. The second-order valence-electron chi connectivity index (χ2n) is 8.05. The van der Waals surface area contributed by atoms with Crippen molar-refractivity contribution in [2.45, 2.75) is 33.3 Å². The maximum Gasteiger partial charge on any atom is 0.335 e. The van der Waals surface area contributed by atoms with Crippen molar-refractivity contribution >= 4 is 11.5 Å². The van der Waals surface area contributed by atoms with Crippen LogP contribution >= 0.6 is 0 Å². The molecule has 0 N–H and O–H groups in total. The Bertz CT molecular complexity index is 1100. The summed E-state index contributed by atoms with van der Waals surface area (Å²) in [5, 5.41) is 0. The van der Waals surface area contributed by atoms with Gasteiger partial charge in [-0.15, -0.1) is 0 Å². The lowest BCUT2D eigenvalue weighted by Gasteiger charge is -2.15. The maximum absolute atomic E-state index is 12.1. The number of hydrogen-bond donors (Lipinski definition) is 0. The van der Waals surface area contributed by atoms with E-state index in [1.165, 1.54) is 0 Å². The largest absolute Gasteiger partial charge is 0.497 e. The predicted molar refractivity (Wildman–Crippen MR) is 140 cm³/mol. The smallest absolute Gasteiger partial charge is 0.335 e. The van der Waals surface area contributed by atoms with Gasteiger partial charge in [-0.1, -0.05) is 48.5 Å². The van der Waals surface area contributed by atoms with Gasteiger partial charge in [-0.2, -0.15) is 0 Å². The molecule has 0 heterocycles. The second kappa shape index (κ2) is 13.4. The quantitative estimate of drug-likeness (QED) is 0.286. The van der Waals surface area contributed by atoms with Crippen molar-refractivity contribution < 1.29 is 23.7 Å². The Morgan fingerprint density at radius 1 is 0.886 bits per heavy atom. The molecule has 5 nitrogen and oxygen atoms in total. The summed E-state index contributed by atoms with van der Waals surface area (Å²) in [6, 6.07) is 24.3. The van der Waals surface area contributed by atoms with Gasteiger partial charge in [0, 0.05) is 13.0 Å². The lowest BCUT2D eigenvalue weighted by molar-refractivity contribution is -0.156. The van der Waals surface area contributed by atoms with Crippen LogP contribution in [-0.4, -0.2) is 39.0 Å². The molecule has 1 atom stereocenters. The van der Waals surface area contributed by atoms with Crippen molar-refractivity contribution in [3.63, 3.8) is 0 Å². The Kier molecular flexibility index (Phi) is 9.93. The van der Waals surface area contributed by atoms with E-state index in [-0.39, 0.29) is 5.97 Å². The van der Waals surface area contributed by atoms with Crippen molar-refractivity contribution in [2.24, 2.45) is 0 Å². The summed E-state index contributed by atoms with van der Waals surface area (Å²) in [7, 11) is 1.68. The molecule has 3 aromatic rings. The highest BCUT2D eigenvalue weighted by molar-refractivity contribution is 5.75. The Hall–Kier alpha value is -3.57. The van der Waals surface area contributed by atoms with E-state index >= 15 is 0 Å². The van der Waals surface area contributed by atoms with Gasteiger partial charge in [0.05, 0.1) is 13.7 Å². The van der Waals surface area contributed by atoms with Gasteiger partial charge in [-0.25, -0.2) is 4.79 Å². The van der Waals surface area contributed by atoms with E-state index in [9.17, 15) is 4.79 Å². The van der Waals surface area contributed by atoms with Crippen molar-refractivity contribution in [2.75, 3.05) is 26.9 Å². The van der Waals surface area contributed by atoms with Gasteiger partial charge < -0.3 is 18.9 Å². The first-order chi connectivity index (χ1) is 17.0. The zero-order valence-electron chi connectivity index (χ0n) is 21.0. The lowest BCUT2D eigenvalue weighted by Crippen LogP contribution is -2.28. The maximum atomic E-state index is 12.1. The highest BCUT2D eigenvalue weighted by Crippen LogP contribution is 2.25. The first-order valence-corrected chi connectivity index (χ1v) is 12.0. The summed E-state index contributed by atoms with van der Waals surface area (Å²) in [4.78, 5) is 12.1. The summed E-state index contributed by atoms with van der Waals surface area (Å²) < 4.78 is 21.9. The molecule has 3 aromatic carbocycles. The molecular formula is C30H34O5. The molecule has 0 saturated carbocycles. The number of ether oxygens (including phenoxy) is 4. The number of rotatable bonds is 12. The van der Waals surface area contributed by atoms with Crippen molar-refractivity contribution in [3.05, 3.63) is 90.0 Å². The van der Waals surface area contributed by atoms with Crippen LogP contribution in [0.15, 0.2) is 78.9 Å². The second-order valence-corrected chi connectivity index (χ2v) is 8.05. The minimum Gasteiger partial charge on any atom is -0.497 e. The fourth-order valence-electron chi connectivity index (χ4n) is 3.69. The first-order valence-electron chi connectivity index (χ1n) is 12.0. The van der Waals surface area contributed by atoms with E-state index in [1.54, 1.807) is 14.0 Å². The third kappa shape index (κ3) is 7.72. The molecule has 184 valence electrons. The molecule has 0 radical (unpaired) electrons. The third-order valence-corrected chi connectivity index (χ3v) is 5.64. The third-order valence-electron chi connectivity index (χ3n) is 5.64. The molecule has 0 aliphatic heterocycles. The number of benzene rings is 3. The van der Waals surface area contributed by atoms with Crippen molar-refractivity contribution in [1.29, 1.82) is 0 Å². The zero-order chi connectivity index (χ0) is 25.0. The molecule has 0 saturated heterocycles. The van der Waals surface area contributed by atoms with Gasteiger partial charge in [0.25, 0.3) is 0 Å². The fraction of sp³-hybridized carbons (Fsp3) is 0.300. The summed E-state index contributed by atoms with van der Waals surface area (Å²) in [5.41, 5.74) is 5.56. The monoisotopic (exact) mass is 474 g/mol. The van der Waals surface area contributed by atoms with Crippen molar-refractivity contribution in [3.8, 4) is 22.6 Å². The van der Waals surface area contributed by atoms with Crippen LogP contribution in [0.1, 0.15) is 31.9 Å². The number of carbonyl (C=O) groups excluding carboxylic acids is 1. The van der Waals surface area contributed by atoms with Crippen LogP contribution in [0.5, 0.6) is 11.5 Å². The van der Waals surface area contributed by atoms with Gasteiger partial charge >= 0.3 is 5.97 Å². The number of hydrogen-bond acceptors (Lipinski definition) is 5. The molecule has 0 aliphatic rings. The van der Waals surface area contributed by atoms with E-state index in [1.807, 2.05) is 49.4 Å². The average Bonchev–Trinajstić information content (AvgIpc) is 2.89. The van der Waals surface area contributed by atoms with Crippen LogP contribution in [0, 0.1) is 0 Å². The van der Waals surface area contributed by atoms with Crippen LogP contribution < -0.4 is 9.47 Å². The van der Waals surface area contributed by atoms with Crippen LogP contribution in [0.2, 0.25) is 0 Å². The van der Waals surface area contributed by atoms with E-state index in [0.29, 0.717) is 26.2 Å². The highest BCUT2D eigenvalue weighted by atomic mass is 16.6. The van der Waals surface area contributed by atoms with Gasteiger partial charge in [0.1, 0.15) is 18.1 Å². The van der Waals surface area contributed by atoms with E-state index in [4.69, 9.17) is 18.9 Å². The predicted octanol–water partition coefficient (Wildman–Crippen LogP) is 6.36. The lowest BCUT2D eigenvalue weighted by atomic mass is 10.0. The van der Waals surface area contributed by atoms with E-state index in [0.717, 1.165) is 39.3 Å². The molecule has 0 aromatic heterocycles. The average molecular weight is 475 g/mol. The minimum absolute atomic E-state index is 0.327.